The van der Waals surface area contributed by atoms with E-state index in [9.17, 15) is 0 Å². The van der Waals surface area contributed by atoms with E-state index in [0.29, 0.717) is 11.8 Å². The highest BCUT2D eigenvalue weighted by atomic mass is 14.4. The van der Waals surface area contributed by atoms with Gasteiger partial charge in [0.2, 0.25) is 0 Å². The SMILES string of the molecule is C=C(Cc1ccc2c(c1)CCC2)C1C=C2C=C3C(=C(C(C)(C)C)C2C1)CCc1ccccc13. The Morgan fingerprint density at radius 3 is 2.61 bits per heavy atom. The number of hydrogen-bond acceptors (Lipinski definition) is 0. The molecule has 0 bridgehead atoms. The van der Waals surface area contributed by atoms with Crippen LogP contribution in [0.3, 0.4) is 0 Å². The maximum absolute atomic E-state index is 4.62. The van der Waals surface area contributed by atoms with E-state index in [2.05, 4.69) is 82.0 Å². The van der Waals surface area contributed by atoms with Gasteiger partial charge in [-0.15, -0.1) is 0 Å². The number of aryl methyl sites for hydroxylation is 3. The zero-order valence-electron chi connectivity index (χ0n) is 20.5. The molecule has 4 aliphatic carbocycles. The van der Waals surface area contributed by atoms with Gasteiger partial charge in [-0.3, -0.25) is 0 Å². The molecule has 2 aromatic carbocycles. The molecule has 0 heteroatoms. The molecule has 2 unspecified atom stereocenters. The summed E-state index contributed by atoms with van der Waals surface area (Å²) in [4.78, 5) is 0. The van der Waals surface area contributed by atoms with Gasteiger partial charge in [0.15, 0.2) is 0 Å². The number of hydrogen-bond donors (Lipinski definition) is 0. The minimum Gasteiger partial charge on any atom is -0.0989 e. The third-order valence-corrected chi connectivity index (χ3v) is 8.47. The first-order valence-corrected chi connectivity index (χ1v) is 12.9. The molecular weight excluding hydrogens is 396 g/mol. The average Bonchev–Trinajstić information content (AvgIpc) is 3.43. The second kappa shape index (κ2) is 7.73. The predicted molar refractivity (Wildman–Crippen MR) is 140 cm³/mol. The maximum Gasteiger partial charge on any atom is 0.00654 e. The monoisotopic (exact) mass is 432 g/mol. The molecule has 2 atom stereocenters. The summed E-state index contributed by atoms with van der Waals surface area (Å²) in [6.45, 7) is 11.9. The second-order valence-corrected chi connectivity index (χ2v) is 11.7. The second-order valence-electron chi connectivity index (χ2n) is 11.7. The molecule has 0 aromatic heterocycles. The smallest absolute Gasteiger partial charge is 0.00654 e. The summed E-state index contributed by atoms with van der Waals surface area (Å²) in [5.41, 5.74) is 15.5. The van der Waals surface area contributed by atoms with E-state index in [-0.39, 0.29) is 5.41 Å². The Hall–Kier alpha value is -2.60. The lowest BCUT2D eigenvalue weighted by Gasteiger charge is -2.39. The zero-order valence-corrected chi connectivity index (χ0v) is 20.5. The molecule has 2 aromatic rings. The quantitative estimate of drug-likeness (QED) is 0.429. The third kappa shape index (κ3) is 3.59. The van der Waals surface area contributed by atoms with Crippen LogP contribution in [0, 0.1) is 17.3 Å². The largest absolute Gasteiger partial charge is 0.0989 e. The Morgan fingerprint density at radius 2 is 1.76 bits per heavy atom. The van der Waals surface area contributed by atoms with Crippen molar-refractivity contribution in [3.8, 4) is 0 Å². The van der Waals surface area contributed by atoms with Gasteiger partial charge < -0.3 is 0 Å². The van der Waals surface area contributed by atoms with Crippen LogP contribution in [0.25, 0.3) is 5.57 Å². The van der Waals surface area contributed by atoms with Gasteiger partial charge in [0.1, 0.15) is 0 Å². The molecule has 0 saturated heterocycles. The van der Waals surface area contributed by atoms with Crippen molar-refractivity contribution in [2.45, 2.75) is 65.7 Å². The van der Waals surface area contributed by atoms with Crippen LogP contribution in [0.4, 0.5) is 0 Å². The van der Waals surface area contributed by atoms with Crippen LogP contribution >= 0.6 is 0 Å². The van der Waals surface area contributed by atoms with Crippen molar-refractivity contribution in [1.82, 2.24) is 0 Å². The summed E-state index contributed by atoms with van der Waals surface area (Å²) in [5, 5.41) is 0. The van der Waals surface area contributed by atoms with Gasteiger partial charge in [0, 0.05) is 5.92 Å². The van der Waals surface area contributed by atoms with E-state index >= 15 is 0 Å². The fraction of sp³-hybridized carbons (Fsp3) is 0.394. The van der Waals surface area contributed by atoms with Crippen LogP contribution in [0.15, 0.2) is 83.5 Å². The van der Waals surface area contributed by atoms with Crippen molar-refractivity contribution in [2.75, 3.05) is 0 Å². The first-order chi connectivity index (χ1) is 15.9. The number of rotatable bonds is 3. The van der Waals surface area contributed by atoms with Crippen LogP contribution in [0.2, 0.25) is 0 Å². The Balaban J connectivity index is 1.34. The van der Waals surface area contributed by atoms with Crippen LogP contribution < -0.4 is 0 Å². The van der Waals surface area contributed by atoms with Crippen LogP contribution in [-0.4, -0.2) is 0 Å². The van der Waals surface area contributed by atoms with Crippen LogP contribution in [-0.2, 0) is 25.7 Å². The van der Waals surface area contributed by atoms with E-state index in [1.807, 2.05) is 0 Å². The Kier molecular flexibility index (Phi) is 4.91. The van der Waals surface area contributed by atoms with E-state index in [1.54, 1.807) is 22.3 Å². The van der Waals surface area contributed by atoms with Gasteiger partial charge in [-0.25, -0.2) is 0 Å². The Bertz CT molecular complexity index is 1240. The van der Waals surface area contributed by atoms with E-state index < -0.39 is 0 Å². The van der Waals surface area contributed by atoms with Gasteiger partial charge in [0.25, 0.3) is 0 Å². The summed E-state index contributed by atoms with van der Waals surface area (Å²) in [6.07, 6.45) is 13.5. The molecule has 0 fully saturated rings. The molecule has 0 nitrogen and oxygen atoms in total. The molecule has 168 valence electrons. The van der Waals surface area contributed by atoms with Gasteiger partial charge in [-0.05, 0) is 101 Å². The minimum atomic E-state index is 0.182. The van der Waals surface area contributed by atoms with E-state index in [1.165, 1.54) is 71.9 Å². The maximum atomic E-state index is 4.62. The van der Waals surface area contributed by atoms with Crippen LogP contribution in [0.5, 0.6) is 0 Å². The van der Waals surface area contributed by atoms with Gasteiger partial charge >= 0.3 is 0 Å². The molecule has 33 heavy (non-hydrogen) atoms. The molecule has 0 heterocycles. The lowest BCUT2D eigenvalue weighted by Crippen LogP contribution is -2.25. The van der Waals surface area contributed by atoms with Crippen molar-refractivity contribution in [3.05, 3.63) is 111 Å². The number of allylic oxidation sites excluding steroid dienone is 7. The molecule has 0 radical (unpaired) electrons. The summed E-state index contributed by atoms with van der Waals surface area (Å²) in [7, 11) is 0. The fourth-order valence-corrected chi connectivity index (χ4v) is 7.01. The Morgan fingerprint density at radius 1 is 0.939 bits per heavy atom. The molecule has 0 spiro atoms. The van der Waals surface area contributed by atoms with Crippen molar-refractivity contribution in [2.24, 2.45) is 17.3 Å². The van der Waals surface area contributed by atoms with Crippen LogP contribution in [0.1, 0.15) is 67.9 Å². The number of fused-ring (bicyclic) bond motifs is 5. The number of benzene rings is 2. The van der Waals surface area contributed by atoms with Crippen molar-refractivity contribution < 1.29 is 0 Å². The standard InChI is InChI=1S/C33H36/c1-21(16-22-12-13-23-9-7-10-25(23)17-22)26-18-27-20-31-28-11-6-5-8-24(28)14-15-29(31)32(30(27)19-26)33(2,3)4/h5-6,8,11-13,17-18,20,26,30H,1,7,9-10,14-16,19H2,2-4H3. The lowest BCUT2D eigenvalue weighted by atomic mass is 9.65. The molecule has 0 N–H and O–H groups in total. The summed E-state index contributed by atoms with van der Waals surface area (Å²) < 4.78 is 0. The molecule has 0 saturated carbocycles. The molecule has 0 amide bonds. The highest BCUT2D eigenvalue weighted by Crippen LogP contribution is 2.54. The highest BCUT2D eigenvalue weighted by Gasteiger charge is 2.40. The minimum absolute atomic E-state index is 0.182. The first kappa shape index (κ1) is 21.0. The topological polar surface area (TPSA) is 0 Å². The van der Waals surface area contributed by atoms with Gasteiger partial charge in [-0.1, -0.05) is 93.1 Å². The summed E-state index contributed by atoms with van der Waals surface area (Å²) in [6, 6.07) is 16.2. The predicted octanol–water partition coefficient (Wildman–Crippen LogP) is 8.22. The lowest BCUT2D eigenvalue weighted by molar-refractivity contribution is 0.425. The van der Waals surface area contributed by atoms with E-state index in [0.717, 1.165) is 6.42 Å². The van der Waals surface area contributed by atoms with Crippen molar-refractivity contribution in [1.29, 1.82) is 0 Å². The molecule has 6 rings (SSSR count). The van der Waals surface area contributed by atoms with Gasteiger partial charge in [0.05, 0.1) is 0 Å². The first-order valence-electron chi connectivity index (χ1n) is 12.9. The van der Waals surface area contributed by atoms with Crippen molar-refractivity contribution >= 4 is 5.57 Å². The molecular formula is C33H36. The Labute approximate surface area is 199 Å². The summed E-state index contributed by atoms with van der Waals surface area (Å²) >= 11 is 0. The van der Waals surface area contributed by atoms with Gasteiger partial charge in [-0.2, -0.15) is 0 Å². The van der Waals surface area contributed by atoms with Crippen molar-refractivity contribution in [3.63, 3.8) is 0 Å². The molecule has 4 aliphatic rings. The zero-order chi connectivity index (χ0) is 22.7. The normalized spacial score (nSPS) is 23.4. The van der Waals surface area contributed by atoms with E-state index in [4.69, 9.17) is 0 Å². The summed E-state index contributed by atoms with van der Waals surface area (Å²) in [5.74, 6) is 1.03. The average molecular weight is 433 g/mol. The highest BCUT2D eigenvalue weighted by molar-refractivity contribution is 5.87. The third-order valence-electron chi connectivity index (χ3n) is 8.47. The molecule has 0 aliphatic heterocycles. The fourth-order valence-electron chi connectivity index (χ4n) is 7.01.